The van der Waals surface area contributed by atoms with Gasteiger partial charge in [-0.1, -0.05) is 6.07 Å². The van der Waals surface area contributed by atoms with Crippen molar-refractivity contribution in [3.63, 3.8) is 0 Å². The van der Waals surface area contributed by atoms with Gasteiger partial charge < -0.3 is 4.74 Å². The molecule has 94 valence electrons. The molecule has 0 bridgehead atoms. The van der Waals surface area contributed by atoms with E-state index in [2.05, 4.69) is 22.1 Å². The van der Waals surface area contributed by atoms with Crippen LogP contribution < -0.4 is 4.74 Å². The number of ether oxygens (including phenoxy) is 1. The Balaban J connectivity index is 1.73. The molecule has 3 nitrogen and oxygen atoms in total. The predicted molar refractivity (Wildman–Crippen MR) is 76.0 cm³/mol. The van der Waals surface area contributed by atoms with E-state index in [-0.39, 0.29) is 0 Å². The minimum atomic E-state index is 0.643. The minimum absolute atomic E-state index is 0.643. The van der Waals surface area contributed by atoms with E-state index in [1.165, 1.54) is 24.0 Å². The number of benzene rings is 1. The zero-order valence-electron chi connectivity index (χ0n) is 10.3. The van der Waals surface area contributed by atoms with Crippen molar-refractivity contribution < 1.29 is 4.74 Å². The molecule has 0 fully saturated rings. The Bertz CT molecular complexity index is 751. The van der Waals surface area contributed by atoms with Crippen molar-refractivity contribution in [1.29, 1.82) is 0 Å². The van der Waals surface area contributed by atoms with Gasteiger partial charge in [0.2, 0.25) is 5.88 Å². The molecule has 2 aromatic heterocycles. The molecular formula is C15H12N2OS. The lowest BCUT2D eigenvalue weighted by molar-refractivity contribution is 0.468. The summed E-state index contributed by atoms with van der Waals surface area (Å²) in [6.45, 7) is 0. The van der Waals surface area contributed by atoms with Crippen molar-refractivity contribution in [2.45, 2.75) is 19.3 Å². The standard InChI is InChI=1S/C15H12N2OS/c1-2-10-4-5-12(8-11(10)3-1)18-14-13-6-7-19-15(13)17-9-16-14/h4-9H,1-3H2. The van der Waals surface area contributed by atoms with Crippen LogP contribution in [0.3, 0.4) is 0 Å². The Morgan fingerprint density at radius 1 is 1.05 bits per heavy atom. The van der Waals surface area contributed by atoms with E-state index in [1.807, 2.05) is 17.5 Å². The van der Waals surface area contributed by atoms with E-state index >= 15 is 0 Å². The summed E-state index contributed by atoms with van der Waals surface area (Å²) in [5.41, 5.74) is 2.86. The van der Waals surface area contributed by atoms with Crippen LogP contribution >= 0.6 is 11.3 Å². The van der Waals surface area contributed by atoms with Crippen LogP contribution in [0.25, 0.3) is 10.2 Å². The van der Waals surface area contributed by atoms with Gasteiger partial charge in [0.15, 0.2) is 0 Å². The van der Waals surface area contributed by atoms with Gasteiger partial charge in [-0.2, -0.15) is 0 Å². The number of rotatable bonds is 2. The number of hydrogen-bond acceptors (Lipinski definition) is 4. The van der Waals surface area contributed by atoms with Gasteiger partial charge in [0, 0.05) is 0 Å². The lowest BCUT2D eigenvalue weighted by atomic mass is 10.1. The molecule has 1 aromatic carbocycles. The van der Waals surface area contributed by atoms with Gasteiger partial charge in [0.1, 0.15) is 16.9 Å². The smallest absolute Gasteiger partial charge is 0.231 e. The van der Waals surface area contributed by atoms with E-state index in [1.54, 1.807) is 17.7 Å². The Hall–Kier alpha value is -1.94. The first-order valence-electron chi connectivity index (χ1n) is 6.38. The van der Waals surface area contributed by atoms with Crippen LogP contribution in [0.5, 0.6) is 11.6 Å². The second-order valence-electron chi connectivity index (χ2n) is 4.70. The summed E-state index contributed by atoms with van der Waals surface area (Å²) >= 11 is 1.60. The predicted octanol–water partition coefficient (Wildman–Crippen LogP) is 3.97. The molecule has 0 unspecified atom stereocenters. The van der Waals surface area contributed by atoms with E-state index in [0.717, 1.165) is 22.4 Å². The first-order chi connectivity index (χ1) is 9.40. The number of hydrogen-bond donors (Lipinski definition) is 0. The maximum Gasteiger partial charge on any atom is 0.231 e. The van der Waals surface area contributed by atoms with Crippen LogP contribution in [0, 0.1) is 0 Å². The molecule has 2 heterocycles. The fourth-order valence-corrected chi connectivity index (χ4v) is 3.30. The number of aryl methyl sites for hydroxylation is 2. The zero-order chi connectivity index (χ0) is 12.7. The van der Waals surface area contributed by atoms with Gasteiger partial charge in [0.05, 0.1) is 5.39 Å². The van der Waals surface area contributed by atoms with Crippen molar-refractivity contribution in [2.75, 3.05) is 0 Å². The summed E-state index contributed by atoms with van der Waals surface area (Å²) < 4.78 is 5.93. The topological polar surface area (TPSA) is 35.0 Å². The SMILES string of the molecule is c1nc(Oc2ccc3c(c2)CCC3)c2ccsc2n1. The molecule has 1 aliphatic rings. The molecular weight excluding hydrogens is 256 g/mol. The maximum absolute atomic E-state index is 5.93. The third-order valence-corrected chi connectivity index (χ3v) is 4.33. The van der Waals surface area contributed by atoms with Crippen molar-refractivity contribution in [3.8, 4) is 11.6 Å². The van der Waals surface area contributed by atoms with Gasteiger partial charge in [-0.05, 0) is 54.0 Å². The second-order valence-corrected chi connectivity index (χ2v) is 5.60. The average molecular weight is 268 g/mol. The highest BCUT2D eigenvalue weighted by Gasteiger charge is 2.13. The van der Waals surface area contributed by atoms with E-state index in [4.69, 9.17) is 4.74 Å². The zero-order valence-corrected chi connectivity index (χ0v) is 11.1. The molecule has 0 radical (unpaired) electrons. The summed E-state index contributed by atoms with van der Waals surface area (Å²) in [6.07, 6.45) is 5.16. The van der Waals surface area contributed by atoms with Crippen molar-refractivity contribution in [2.24, 2.45) is 0 Å². The lowest BCUT2D eigenvalue weighted by Gasteiger charge is -2.07. The van der Waals surface area contributed by atoms with Gasteiger partial charge in [-0.15, -0.1) is 11.3 Å². The minimum Gasteiger partial charge on any atom is -0.438 e. The molecule has 4 rings (SSSR count). The van der Waals surface area contributed by atoms with Gasteiger partial charge in [0.25, 0.3) is 0 Å². The molecule has 0 aliphatic heterocycles. The fourth-order valence-electron chi connectivity index (χ4n) is 2.57. The van der Waals surface area contributed by atoms with Crippen molar-refractivity contribution in [1.82, 2.24) is 9.97 Å². The van der Waals surface area contributed by atoms with Gasteiger partial charge in [-0.25, -0.2) is 9.97 Å². The molecule has 4 heteroatoms. The largest absolute Gasteiger partial charge is 0.438 e. The molecule has 3 aromatic rings. The summed E-state index contributed by atoms with van der Waals surface area (Å²) in [5.74, 6) is 1.51. The fraction of sp³-hybridized carbons (Fsp3) is 0.200. The first-order valence-corrected chi connectivity index (χ1v) is 7.26. The normalized spacial score (nSPS) is 13.7. The molecule has 0 atom stereocenters. The first kappa shape index (κ1) is 10.9. The van der Waals surface area contributed by atoms with E-state index in [9.17, 15) is 0 Å². The summed E-state index contributed by atoms with van der Waals surface area (Å²) in [6, 6.07) is 8.35. The summed E-state index contributed by atoms with van der Waals surface area (Å²) in [4.78, 5) is 9.43. The Kier molecular flexibility index (Phi) is 2.48. The Morgan fingerprint density at radius 3 is 3.00 bits per heavy atom. The van der Waals surface area contributed by atoms with Gasteiger partial charge in [-0.3, -0.25) is 0 Å². The van der Waals surface area contributed by atoms with Crippen LogP contribution in [0.1, 0.15) is 17.5 Å². The quantitative estimate of drug-likeness (QED) is 0.705. The van der Waals surface area contributed by atoms with Crippen LogP contribution in [0.4, 0.5) is 0 Å². The average Bonchev–Trinajstić information content (AvgIpc) is 3.06. The summed E-state index contributed by atoms with van der Waals surface area (Å²) in [7, 11) is 0. The molecule has 0 spiro atoms. The number of fused-ring (bicyclic) bond motifs is 2. The summed E-state index contributed by atoms with van der Waals surface area (Å²) in [5, 5.41) is 2.99. The lowest BCUT2D eigenvalue weighted by Crippen LogP contribution is -1.91. The van der Waals surface area contributed by atoms with Crippen molar-refractivity contribution in [3.05, 3.63) is 47.1 Å². The number of aromatic nitrogens is 2. The van der Waals surface area contributed by atoms with Crippen LogP contribution in [0.15, 0.2) is 36.0 Å². The Morgan fingerprint density at radius 2 is 2.00 bits per heavy atom. The molecule has 0 saturated heterocycles. The highest BCUT2D eigenvalue weighted by atomic mass is 32.1. The molecule has 0 amide bonds. The molecule has 0 N–H and O–H groups in total. The van der Waals surface area contributed by atoms with Crippen LogP contribution in [-0.4, -0.2) is 9.97 Å². The Labute approximate surface area is 114 Å². The molecule has 19 heavy (non-hydrogen) atoms. The highest BCUT2D eigenvalue weighted by molar-refractivity contribution is 7.16. The number of nitrogens with zero attached hydrogens (tertiary/aromatic N) is 2. The second kappa shape index (κ2) is 4.31. The molecule has 0 saturated carbocycles. The van der Waals surface area contributed by atoms with Crippen LogP contribution in [-0.2, 0) is 12.8 Å². The van der Waals surface area contributed by atoms with E-state index < -0.39 is 0 Å². The van der Waals surface area contributed by atoms with Crippen LogP contribution in [0.2, 0.25) is 0 Å². The number of thiophene rings is 1. The third kappa shape index (κ3) is 1.88. The highest BCUT2D eigenvalue weighted by Crippen LogP contribution is 2.32. The van der Waals surface area contributed by atoms with Crippen molar-refractivity contribution >= 4 is 21.6 Å². The third-order valence-electron chi connectivity index (χ3n) is 3.51. The maximum atomic E-state index is 5.93. The monoisotopic (exact) mass is 268 g/mol. The molecule has 1 aliphatic carbocycles. The van der Waals surface area contributed by atoms with Gasteiger partial charge >= 0.3 is 0 Å². The van der Waals surface area contributed by atoms with E-state index in [0.29, 0.717) is 5.88 Å².